The first kappa shape index (κ1) is 13.7. The number of nitrogens with two attached hydrogens (primary N) is 1. The van der Waals surface area contributed by atoms with E-state index < -0.39 is 11.9 Å². The van der Waals surface area contributed by atoms with Crippen LogP contribution in [-0.2, 0) is 0 Å². The fraction of sp³-hybridized carbons (Fsp3) is 0.231. The molecule has 6 heteroatoms. The van der Waals surface area contributed by atoms with Gasteiger partial charge in [0.1, 0.15) is 0 Å². The first-order valence-electron chi connectivity index (χ1n) is 5.82. The van der Waals surface area contributed by atoms with Gasteiger partial charge in [-0.1, -0.05) is 24.6 Å². The van der Waals surface area contributed by atoms with Gasteiger partial charge < -0.3 is 10.5 Å². The van der Waals surface area contributed by atoms with Crippen LogP contribution in [0.1, 0.15) is 24.9 Å². The van der Waals surface area contributed by atoms with E-state index in [2.05, 4.69) is 10.2 Å². The van der Waals surface area contributed by atoms with Gasteiger partial charge in [-0.05, 0) is 18.6 Å². The van der Waals surface area contributed by atoms with Gasteiger partial charge in [-0.3, -0.25) is 0 Å². The average molecular weight is 282 g/mol. The molecule has 19 heavy (non-hydrogen) atoms. The van der Waals surface area contributed by atoms with E-state index in [1.54, 1.807) is 24.3 Å². The minimum absolute atomic E-state index is 0.0800. The van der Waals surface area contributed by atoms with Crippen LogP contribution in [0.5, 0.6) is 11.6 Å². The molecule has 0 spiro atoms. The van der Waals surface area contributed by atoms with Crippen molar-refractivity contribution in [3.63, 3.8) is 0 Å². The van der Waals surface area contributed by atoms with Gasteiger partial charge in [-0.25, -0.2) is 4.39 Å². The van der Waals surface area contributed by atoms with Crippen molar-refractivity contribution in [2.75, 3.05) is 0 Å². The van der Waals surface area contributed by atoms with Crippen LogP contribution >= 0.6 is 11.6 Å². The summed E-state index contributed by atoms with van der Waals surface area (Å²) in [5.74, 6) is -0.471. The third-order valence-corrected chi connectivity index (χ3v) is 2.97. The molecule has 0 aliphatic carbocycles. The molecule has 1 heterocycles. The lowest BCUT2D eigenvalue weighted by atomic mass is 10.0. The number of hydrogen-bond donors (Lipinski definition) is 1. The smallest absolute Gasteiger partial charge is 0.239 e. The van der Waals surface area contributed by atoms with Crippen molar-refractivity contribution in [2.45, 2.75) is 19.4 Å². The van der Waals surface area contributed by atoms with E-state index in [4.69, 9.17) is 22.1 Å². The number of ether oxygens (including phenoxy) is 1. The fourth-order valence-corrected chi connectivity index (χ4v) is 1.78. The van der Waals surface area contributed by atoms with Crippen LogP contribution in [0.15, 0.2) is 30.5 Å². The molecular weight excluding hydrogens is 269 g/mol. The van der Waals surface area contributed by atoms with Gasteiger partial charge in [0.05, 0.1) is 5.02 Å². The largest absolute Gasteiger partial charge is 0.433 e. The summed E-state index contributed by atoms with van der Waals surface area (Å²) >= 11 is 5.95. The van der Waals surface area contributed by atoms with Crippen LogP contribution in [0.3, 0.4) is 0 Å². The lowest BCUT2D eigenvalue weighted by Gasteiger charge is -2.14. The van der Waals surface area contributed by atoms with Gasteiger partial charge in [-0.15, -0.1) is 5.10 Å². The molecule has 0 fully saturated rings. The lowest BCUT2D eigenvalue weighted by Crippen LogP contribution is -2.11. The van der Waals surface area contributed by atoms with Crippen molar-refractivity contribution >= 4 is 11.6 Å². The molecule has 1 aromatic carbocycles. The third kappa shape index (κ3) is 3.00. The topological polar surface area (TPSA) is 61.0 Å². The minimum Gasteiger partial charge on any atom is -0.433 e. The Morgan fingerprint density at radius 2 is 2.21 bits per heavy atom. The summed E-state index contributed by atoms with van der Waals surface area (Å²) in [6.45, 7) is 1.88. The summed E-state index contributed by atoms with van der Waals surface area (Å²) in [5, 5.41) is 7.53. The van der Waals surface area contributed by atoms with Gasteiger partial charge >= 0.3 is 0 Å². The minimum atomic E-state index is -0.562. The zero-order valence-electron chi connectivity index (χ0n) is 10.3. The number of halogens is 2. The van der Waals surface area contributed by atoms with Gasteiger partial charge in [0, 0.05) is 23.9 Å². The summed E-state index contributed by atoms with van der Waals surface area (Å²) in [6.07, 6.45) is 2.11. The molecule has 4 nitrogen and oxygen atoms in total. The van der Waals surface area contributed by atoms with Gasteiger partial charge in [0.15, 0.2) is 11.6 Å². The molecule has 0 unspecified atom stereocenters. The Morgan fingerprint density at radius 3 is 2.84 bits per heavy atom. The van der Waals surface area contributed by atoms with Crippen LogP contribution in [0.2, 0.25) is 5.02 Å². The maximum Gasteiger partial charge on any atom is 0.239 e. The molecule has 1 atom stereocenters. The Labute approximate surface area is 115 Å². The normalized spacial score (nSPS) is 12.2. The van der Waals surface area contributed by atoms with Crippen LogP contribution in [0.4, 0.5) is 4.39 Å². The summed E-state index contributed by atoms with van der Waals surface area (Å²) in [4.78, 5) is 0. The van der Waals surface area contributed by atoms with E-state index in [1.165, 1.54) is 6.20 Å². The van der Waals surface area contributed by atoms with Crippen molar-refractivity contribution in [1.82, 2.24) is 10.2 Å². The van der Waals surface area contributed by atoms with Gasteiger partial charge in [-0.2, -0.15) is 5.10 Å². The number of hydrogen-bond acceptors (Lipinski definition) is 4. The number of rotatable bonds is 4. The third-order valence-electron chi connectivity index (χ3n) is 2.67. The Balaban J connectivity index is 2.39. The second-order valence-electron chi connectivity index (χ2n) is 3.96. The molecule has 2 rings (SSSR count). The second kappa shape index (κ2) is 5.95. The van der Waals surface area contributed by atoms with Crippen molar-refractivity contribution in [2.24, 2.45) is 5.73 Å². The summed E-state index contributed by atoms with van der Waals surface area (Å²) in [5.41, 5.74) is 6.21. The summed E-state index contributed by atoms with van der Waals surface area (Å²) < 4.78 is 19.7. The van der Waals surface area contributed by atoms with E-state index in [0.717, 1.165) is 0 Å². The SMILES string of the molecule is CC[C@@H](N)c1ccc(Cl)c(Oc2cccnn2)c1F. The molecule has 0 saturated heterocycles. The first-order valence-corrected chi connectivity index (χ1v) is 6.20. The van der Waals surface area contributed by atoms with Crippen LogP contribution in [0, 0.1) is 5.82 Å². The summed E-state index contributed by atoms with van der Waals surface area (Å²) in [7, 11) is 0. The predicted molar refractivity (Wildman–Crippen MR) is 70.7 cm³/mol. The van der Waals surface area contributed by atoms with E-state index >= 15 is 0 Å². The molecular formula is C13H13ClFN3O. The van der Waals surface area contributed by atoms with Crippen LogP contribution in [-0.4, -0.2) is 10.2 Å². The standard InChI is InChI=1S/C13H13ClFN3O/c1-2-10(16)8-5-6-9(14)13(12(8)15)19-11-4-3-7-17-18-11/h3-7,10H,2,16H2,1H3/t10-/m1/s1. The fourth-order valence-electron chi connectivity index (χ4n) is 1.59. The number of nitrogens with zero attached hydrogens (tertiary/aromatic N) is 2. The van der Waals surface area contributed by atoms with E-state index in [-0.39, 0.29) is 16.7 Å². The Bertz CT molecular complexity index is 565. The zero-order valence-corrected chi connectivity index (χ0v) is 11.1. The monoisotopic (exact) mass is 281 g/mol. The van der Waals surface area contributed by atoms with Crippen molar-refractivity contribution in [1.29, 1.82) is 0 Å². The quantitative estimate of drug-likeness (QED) is 0.932. The highest BCUT2D eigenvalue weighted by atomic mass is 35.5. The van der Waals surface area contributed by atoms with Crippen molar-refractivity contribution in [3.8, 4) is 11.6 Å². The summed E-state index contributed by atoms with van der Waals surface area (Å²) in [6, 6.07) is 5.92. The molecule has 0 radical (unpaired) electrons. The molecule has 0 bridgehead atoms. The van der Waals surface area contributed by atoms with Crippen LogP contribution in [0.25, 0.3) is 0 Å². The molecule has 0 amide bonds. The number of aromatic nitrogens is 2. The predicted octanol–water partition coefficient (Wildman–Crippen LogP) is 3.47. The van der Waals surface area contributed by atoms with E-state index in [9.17, 15) is 4.39 Å². The zero-order chi connectivity index (χ0) is 13.8. The van der Waals surface area contributed by atoms with Gasteiger partial charge in [0.2, 0.25) is 5.88 Å². The Hall–Kier alpha value is -1.72. The second-order valence-corrected chi connectivity index (χ2v) is 4.37. The molecule has 2 aromatic rings. The molecule has 0 aliphatic heterocycles. The molecule has 1 aromatic heterocycles. The highest BCUT2D eigenvalue weighted by Gasteiger charge is 2.18. The Morgan fingerprint density at radius 1 is 1.42 bits per heavy atom. The molecule has 2 N–H and O–H groups in total. The van der Waals surface area contributed by atoms with Crippen molar-refractivity contribution < 1.29 is 9.13 Å². The maximum atomic E-state index is 14.3. The van der Waals surface area contributed by atoms with Crippen LogP contribution < -0.4 is 10.5 Å². The van der Waals surface area contributed by atoms with Crippen molar-refractivity contribution in [3.05, 3.63) is 46.9 Å². The first-order chi connectivity index (χ1) is 9.13. The maximum absolute atomic E-state index is 14.3. The molecule has 0 saturated carbocycles. The molecule has 0 aliphatic rings. The highest BCUT2D eigenvalue weighted by Crippen LogP contribution is 2.35. The number of benzene rings is 1. The molecule has 100 valence electrons. The van der Waals surface area contributed by atoms with E-state index in [1.807, 2.05) is 6.92 Å². The average Bonchev–Trinajstić information content (AvgIpc) is 2.44. The van der Waals surface area contributed by atoms with E-state index in [0.29, 0.717) is 12.0 Å². The highest BCUT2D eigenvalue weighted by molar-refractivity contribution is 6.32. The van der Waals surface area contributed by atoms with Gasteiger partial charge in [0.25, 0.3) is 0 Å². The lowest BCUT2D eigenvalue weighted by molar-refractivity contribution is 0.416. The Kier molecular flexibility index (Phi) is 4.29.